The predicted octanol–water partition coefficient (Wildman–Crippen LogP) is 3.94. The Morgan fingerprint density at radius 2 is 1.45 bits per heavy atom. The molecule has 0 fully saturated rings. The molecule has 0 aliphatic carbocycles. The molecule has 0 heterocycles. The van der Waals surface area contributed by atoms with Crippen LogP contribution < -0.4 is 0 Å². The van der Waals surface area contributed by atoms with Crippen LogP contribution in [0.4, 0.5) is 0 Å². The third-order valence-corrected chi connectivity index (χ3v) is 3.81. The topological polar surface area (TPSA) is 43.4 Å². The lowest BCUT2D eigenvalue weighted by Crippen LogP contribution is -2.15. The van der Waals surface area contributed by atoms with Crippen LogP contribution in [-0.2, 0) is 4.74 Å². The van der Waals surface area contributed by atoms with E-state index in [0.29, 0.717) is 16.7 Å². The molecule has 3 nitrogen and oxygen atoms in total. The molecule has 0 unspecified atom stereocenters. The fraction of sp³-hybridized carbons (Fsp3) is 0.263. The maximum Gasteiger partial charge on any atom is 0.338 e. The Hall–Kier alpha value is -2.42. The maximum absolute atomic E-state index is 13.0. The minimum atomic E-state index is -0.483. The summed E-state index contributed by atoms with van der Waals surface area (Å²) in [7, 11) is 1.32. The quantitative estimate of drug-likeness (QED) is 0.636. The average Bonchev–Trinajstić information content (AvgIpc) is 2.45. The first kappa shape index (κ1) is 16.0. The zero-order chi connectivity index (χ0) is 16.4. The number of aryl methyl sites for hydroxylation is 4. The van der Waals surface area contributed by atoms with Crippen molar-refractivity contribution in [3.05, 3.63) is 69.3 Å². The van der Waals surface area contributed by atoms with Gasteiger partial charge in [-0.3, -0.25) is 4.79 Å². The summed E-state index contributed by atoms with van der Waals surface area (Å²) in [4.78, 5) is 25.0. The van der Waals surface area contributed by atoms with Gasteiger partial charge in [0, 0.05) is 11.1 Å². The molecule has 2 aromatic rings. The smallest absolute Gasteiger partial charge is 0.338 e. The molecule has 0 bridgehead atoms. The summed E-state index contributed by atoms with van der Waals surface area (Å²) in [5, 5.41) is 0. The van der Waals surface area contributed by atoms with E-state index in [2.05, 4.69) is 0 Å². The van der Waals surface area contributed by atoms with E-state index >= 15 is 0 Å². The molecule has 0 saturated heterocycles. The molecule has 0 saturated carbocycles. The highest BCUT2D eigenvalue weighted by Crippen LogP contribution is 2.24. The molecular weight excluding hydrogens is 276 g/mol. The van der Waals surface area contributed by atoms with E-state index in [9.17, 15) is 9.59 Å². The van der Waals surface area contributed by atoms with Crippen molar-refractivity contribution in [3.8, 4) is 0 Å². The predicted molar refractivity (Wildman–Crippen MR) is 86.6 cm³/mol. The standard InChI is InChI=1S/C19H20O3/c1-11-9-13(3)16(14(4)10-11)18(20)15-8-6-7-12(2)17(15)19(21)22-5/h6-10H,1-5H3. The van der Waals surface area contributed by atoms with Crippen molar-refractivity contribution in [1.82, 2.24) is 0 Å². The third-order valence-electron chi connectivity index (χ3n) is 3.81. The number of carbonyl (C=O) groups is 2. The van der Waals surface area contributed by atoms with Gasteiger partial charge in [-0.1, -0.05) is 35.9 Å². The lowest BCUT2D eigenvalue weighted by atomic mass is 9.90. The van der Waals surface area contributed by atoms with Crippen LogP contribution in [0.3, 0.4) is 0 Å². The van der Waals surface area contributed by atoms with Crippen molar-refractivity contribution >= 4 is 11.8 Å². The van der Waals surface area contributed by atoms with Gasteiger partial charge in [-0.15, -0.1) is 0 Å². The fourth-order valence-corrected chi connectivity index (χ4v) is 2.90. The molecule has 114 valence electrons. The van der Waals surface area contributed by atoms with Crippen molar-refractivity contribution in [2.45, 2.75) is 27.7 Å². The van der Waals surface area contributed by atoms with E-state index in [1.165, 1.54) is 7.11 Å². The zero-order valence-electron chi connectivity index (χ0n) is 13.6. The molecule has 0 radical (unpaired) electrons. The zero-order valence-corrected chi connectivity index (χ0v) is 13.6. The third kappa shape index (κ3) is 2.80. The van der Waals surface area contributed by atoms with Gasteiger partial charge in [0.2, 0.25) is 0 Å². The Labute approximate surface area is 130 Å². The number of hydrogen-bond acceptors (Lipinski definition) is 3. The summed E-state index contributed by atoms with van der Waals surface area (Å²) in [6.45, 7) is 7.64. The molecule has 0 aromatic heterocycles. The van der Waals surface area contributed by atoms with Gasteiger partial charge in [0.15, 0.2) is 5.78 Å². The van der Waals surface area contributed by atoms with E-state index in [1.54, 1.807) is 25.1 Å². The summed E-state index contributed by atoms with van der Waals surface area (Å²) in [5.74, 6) is -0.622. The molecule has 0 aliphatic heterocycles. The van der Waals surface area contributed by atoms with Crippen molar-refractivity contribution in [3.63, 3.8) is 0 Å². The summed E-state index contributed by atoms with van der Waals surface area (Å²) < 4.78 is 4.83. The average molecular weight is 296 g/mol. The Bertz CT molecular complexity index is 734. The van der Waals surface area contributed by atoms with Crippen LogP contribution in [-0.4, -0.2) is 18.9 Å². The summed E-state index contributed by atoms with van der Waals surface area (Å²) in [5.41, 5.74) is 5.07. The monoisotopic (exact) mass is 296 g/mol. The molecule has 22 heavy (non-hydrogen) atoms. The number of benzene rings is 2. The molecule has 2 rings (SSSR count). The van der Waals surface area contributed by atoms with Gasteiger partial charge in [0.25, 0.3) is 0 Å². The minimum absolute atomic E-state index is 0.140. The molecule has 2 aromatic carbocycles. The fourth-order valence-electron chi connectivity index (χ4n) is 2.90. The van der Waals surface area contributed by atoms with Gasteiger partial charge >= 0.3 is 5.97 Å². The van der Waals surface area contributed by atoms with Gasteiger partial charge in [-0.2, -0.15) is 0 Å². The van der Waals surface area contributed by atoms with Gasteiger partial charge < -0.3 is 4.74 Å². The molecule has 0 N–H and O–H groups in total. The number of ketones is 1. The normalized spacial score (nSPS) is 10.4. The Balaban J connectivity index is 2.66. The number of carbonyl (C=O) groups excluding carboxylic acids is 2. The van der Waals surface area contributed by atoms with Gasteiger partial charge in [0.05, 0.1) is 12.7 Å². The molecule has 0 spiro atoms. The second-order valence-corrected chi connectivity index (χ2v) is 5.59. The second-order valence-electron chi connectivity index (χ2n) is 5.59. The highest BCUT2D eigenvalue weighted by atomic mass is 16.5. The van der Waals surface area contributed by atoms with Crippen LogP contribution >= 0.6 is 0 Å². The van der Waals surface area contributed by atoms with Gasteiger partial charge in [-0.05, 0) is 44.4 Å². The van der Waals surface area contributed by atoms with E-state index in [-0.39, 0.29) is 5.78 Å². The van der Waals surface area contributed by atoms with Crippen LogP contribution in [0.15, 0.2) is 30.3 Å². The lowest BCUT2D eigenvalue weighted by molar-refractivity contribution is 0.0596. The Morgan fingerprint density at radius 1 is 0.864 bits per heavy atom. The molecule has 0 atom stereocenters. The van der Waals surface area contributed by atoms with E-state index in [1.807, 2.05) is 32.9 Å². The lowest BCUT2D eigenvalue weighted by Gasteiger charge is -2.14. The number of esters is 1. The first-order valence-electron chi connectivity index (χ1n) is 7.17. The summed E-state index contributed by atoms with van der Waals surface area (Å²) in [6.07, 6.45) is 0. The molecule has 0 aliphatic rings. The number of hydrogen-bond donors (Lipinski definition) is 0. The number of methoxy groups -OCH3 is 1. The molecular formula is C19H20O3. The molecule has 3 heteroatoms. The van der Waals surface area contributed by atoms with Crippen molar-refractivity contribution in [2.75, 3.05) is 7.11 Å². The van der Waals surface area contributed by atoms with Crippen molar-refractivity contribution < 1.29 is 14.3 Å². The maximum atomic E-state index is 13.0. The minimum Gasteiger partial charge on any atom is -0.465 e. The van der Waals surface area contributed by atoms with E-state index in [0.717, 1.165) is 22.3 Å². The Kier molecular flexibility index (Phi) is 4.45. The van der Waals surface area contributed by atoms with Gasteiger partial charge in [0.1, 0.15) is 0 Å². The molecule has 0 amide bonds. The second kappa shape index (κ2) is 6.14. The largest absolute Gasteiger partial charge is 0.465 e. The van der Waals surface area contributed by atoms with Crippen molar-refractivity contribution in [2.24, 2.45) is 0 Å². The first-order chi connectivity index (χ1) is 10.4. The van der Waals surface area contributed by atoms with Crippen LogP contribution in [0.25, 0.3) is 0 Å². The van der Waals surface area contributed by atoms with Crippen LogP contribution in [0.5, 0.6) is 0 Å². The van der Waals surface area contributed by atoms with E-state index in [4.69, 9.17) is 4.74 Å². The van der Waals surface area contributed by atoms with Gasteiger partial charge in [-0.25, -0.2) is 4.79 Å². The highest BCUT2D eigenvalue weighted by molar-refractivity contribution is 6.16. The van der Waals surface area contributed by atoms with Crippen LogP contribution in [0.2, 0.25) is 0 Å². The first-order valence-corrected chi connectivity index (χ1v) is 7.17. The SMILES string of the molecule is COC(=O)c1c(C)cccc1C(=O)c1c(C)cc(C)cc1C. The number of rotatable bonds is 3. The number of ether oxygens (including phenoxy) is 1. The highest BCUT2D eigenvalue weighted by Gasteiger charge is 2.23. The van der Waals surface area contributed by atoms with Crippen molar-refractivity contribution in [1.29, 1.82) is 0 Å². The Morgan fingerprint density at radius 3 is 2.00 bits per heavy atom. The summed E-state index contributed by atoms with van der Waals surface area (Å²) >= 11 is 0. The summed E-state index contributed by atoms with van der Waals surface area (Å²) in [6, 6.07) is 9.23. The van der Waals surface area contributed by atoms with Crippen LogP contribution in [0.1, 0.15) is 48.5 Å². The van der Waals surface area contributed by atoms with Crippen LogP contribution in [0, 0.1) is 27.7 Å². The van der Waals surface area contributed by atoms with E-state index < -0.39 is 5.97 Å².